The molecule has 1 saturated heterocycles. The molecule has 90 valence electrons. The summed E-state index contributed by atoms with van der Waals surface area (Å²) in [4.78, 5) is 7.10. The third-order valence-corrected chi connectivity index (χ3v) is 3.85. The number of likely N-dealkylation sites (tertiary alicyclic amines) is 1. The molecule has 0 amide bonds. The Morgan fingerprint density at radius 1 is 1.62 bits per heavy atom. The number of hydrogen-bond donors (Lipinski definition) is 1. The van der Waals surface area contributed by atoms with Crippen LogP contribution in [-0.2, 0) is 6.42 Å². The standard InChI is InChI=1S/C12H21N3S/c1-12(2,13)6-11-14-10(8-16-11)9-4-5-15(3)7-9/h8-9H,4-7,13H2,1-3H3. The summed E-state index contributed by atoms with van der Waals surface area (Å²) in [5.41, 5.74) is 7.13. The van der Waals surface area contributed by atoms with Crippen molar-refractivity contribution in [2.75, 3.05) is 20.1 Å². The first kappa shape index (κ1) is 12.0. The Balaban J connectivity index is 2.02. The summed E-state index contributed by atoms with van der Waals surface area (Å²) in [6.07, 6.45) is 2.12. The van der Waals surface area contributed by atoms with E-state index >= 15 is 0 Å². The summed E-state index contributed by atoms with van der Waals surface area (Å²) in [7, 11) is 2.18. The third-order valence-electron chi connectivity index (χ3n) is 2.99. The highest BCUT2D eigenvalue weighted by Crippen LogP contribution is 2.28. The lowest BCUT2D eigenvalue weighted by molar-refractivity contribution is 0.410. The van der Waals surface area contributed by atoms with E-state index in [2.05, 4.69) is 31.2 Å². The molecule has 0 spiro atoms. The summed E-state index contributed by atoms with van der Waals surface area (Å²) in [5.74, 6) is 0.635. The van der Waals surface area contributed by atoms with Crippen molar-refractivity contribution in [3.05, 3.63) is 16.1 Å². The van der Waals surface area contributed by atoms with Crippen LogP contribution in [-0.4, -0.2) is 35.6 Å². The highest BCUT2D eigenvalue weighted by atomic mass is 32.1. The summed E-state index contributed by atoms with van der Waals surface area (Å²) in [6.45, 7) is 6.45. The predicted octanol–water partition coefficient (Wildman–Crippen LogP) is 1.84. The van der Waals surface area contributed by atoms with Gasteiger partial charge in [0, 0.05) is 29.8 Å². The lowest BCUT2D eigenvalue weighted by Gasteiger charge is -2.15. The van der Waals surface area contributed by atoms with E-state index in [0.29, 0.717) is 5.92 Å². The Kier molecular flexibility index (Phi) is 3.33. The molecule has 3 nitrogen and oxygen atoms in total. The number of hydrogen-bond acceptors (Lipinski definition) is 4. The van der Waals surface area contributed by atoms with Crippen LogP contribution in [0.25, 0.3) is 0 Å². The quantitative estimate of drug-likeness (QED) is 0.875. The molecule has 0 bridgehead atoms. The van der Waals surface area contributed by atoms with E-state index in [4.69, 9.17) is 10.7 Å². The van der Waals surface area contributed by atoms with Crippen LogP contribution in [0.2, 0.25) is 0 Å². The van der Waals surface area contributed by atoms with Crippen molar-refractivity contribution >= 4 is 11.3 Å². The van der Waals surface area contributed by atoms with Gasteiger partial charge in [0.2, 0.25) is 0 Å². The molecule has 4 heteroatoms. The highest BCUT2D eigenvalue weighted by molar-refractivity contribution is 7.09. The van der Waals surface area contributed by atoms with E-state index in [1.165, 1.54) is 23.7 Å². The fourth-order valence-corrected chi connectivity index (χ4v) is 3.28. The molecule has 0 radical (unpaired) electrons. The summed E-state index contributed by atoms with van der Waals surface area (Å²) in [5, 5.41) is 3.39. The average Bonchev–Trinajstić information content (AvgIpc) is 2.71. The van der Waals surface area contributed by atoms with Crippen molar-refractivity contribution in [1.29, 1.82) is 0 Å². The monoisotopic (exact) mass is 239 g/mol. The number of likely N-dealkylation sites (N-methyl/N-ethyl adjacent to an activating group) is 1. The van der Waals surface area contributed by atoms with E-state index in [1.807, 2.05) is 0 Å². The summed E-state index contributed by atoms with van der Waals surface area (Å²) in [6, 6.07) is 0. The first-order chi connectivity index (χ1) is 7.44. The molecule has 1 aliphatic heterocycles. The molecule has 2 rings (SSSR count). The molecule has 1 aliphatic rings. The highest BCUT2D eigenvalue weighted by Gasteiger charge is 2.24. The Hall–Kier alpha value is -0.450. The molecule has 1 aromatic rings. The van der Waals surface area contributed by atoms with Gasteiger partial charge in [0.25, 0.3) is 0 Å². The van der Waals surface area contributed by atoms with E-state index in [0.717, 1.165) is 13.0 Å². The second kappa shape index (κ2) is 4.43. The van der Waals surface area contributed by atoms with Crippen molar-refractivity contribution in [2.45, 2.75) is 38.1 Å². The zero-order chi connectivity index (χ0) is 11.8. The van der Waals surface area contributed by atoms with Crippen molar-refractivity contribution in [2.24, 2.45) is 5.73 Å². The van der Waals surface area contributed by atoms with Crippen molar-refractivity contribution in [3.8, 4) is 0 Å². The maximum atomic E-state index is 6.01. The second-order valence-corrected chi connectivity index (χ2v) is 6.52. The van der Waals surface area contributed by atoms with E-state index in [1.54, 1.807) is 11.3 Å². The van der Waals surface area contributed by atoms with Gasteiger partial charge >= 0.3 is 0 Å². The van der Waals surface area contributed by atoms with Gasteiger partial charge in [-0.15, -0.1) is 11.3 Å². The van der Waals surface area contributed by atoms with Gasteiger partial charge in [-0.3, -0.25) is 0 Å². The Bertz CT molecular complexity index is 353. The fraction of sp³-hybridized carbons (Fsp3) is 0.750. The summed E-state index contributed by atoms with van der Waals surface area (Å²) < 4.78 is 0. The van der Waals surface area contributed by atoms with Gasteiger partial charge in [0.15, 0.2) is 0 Å². The second-order valence-electron chi connectivity index (χ2n) is 5.58. The zero-order valence-electron chi connectivity index (χ0n) is 10.4. The smallest absolute Gasteiger partial charge is 0.0946 e. The van der Waals surface area contributed by atoms with Gasteiger partial charge in [-0.05, 0) is 33.9 Å². The van der Waals surface area contributed by atoms with Gasteiger partial charge in [0.05, 0.1) is 10.7 Å². The number of thiazole rings is 1. The van der Waals surface area contributed by atoms with E-state index in [9.17, 15) is 0 Å². The van der Waals surface area contributed by atoms with Crippen LogP contribution in [0.3, 0.4) is 0 Å². The minimum absolute atomic E-state index is 0.151. The molecule has 0 aliphatic carbocycles. The van der Waals surface area contributed by atoms with Crippen LogP contribution >= 0.6 is 11.3 Å². The largest absolute Gasteiger partial charge is 0.325 e. The van der Waals surface area contributed by atoms with Gasteiger partial charge in [-0.1, -0.05) is 0 Å². The Morgan fingerprint density at radius 3 is 2.94 bits per heavy atom. The maximum absolute atomic E-state index is 6.01. The molecule has 1 unspecified atom stereocenters. The molecule has 0 aromatic carbocycles. The predicted molar refractivity (Wildman–Crippen MR) is 68.9 cm³/mol. The third kappa shape index (κ3) is 3.03. The van der Waals surface area contributed by atoms with Crippen molar-refractivity contribution in [1.82, 2.24) is 9.88 Å². The number of rotatable bonds is 3. The van der Waals surface area contributed by atoms with Gasteiger partial charge < -0.3 is 10.6 Å². The topological polar surface area (TPSA) is 42.1 Å². The average molecular weight is 239 g/mol. The van der Waals surface area contributed by atoms with Crippen molar-refractivity contribution < 1.29 is 0 Å². The van der Waals surface area contributed by atoms with Crippen LogP contribution < -0.4 is 5.73 Å². The molecule has 0 saturated carbocycles. The minimum Gasteiger partial charge on any atom is -0.325 e. The molecular formula is C12H21N3S. The van der Waals surface area contributed by atoms with Crippen LogP contribution in [0.1, 0.15) is 36.9 Å². The molecule has 2 N–H and O–H groups in total. The van der Waals surface area contributed by atoms with Crippen LogP contribution in [0.5, 0.6) is 0 Å². The zero-order valence-corrected chi connectivity index (χ0v) is 11.2. The SMILES string of the molecule is CN1CCC(c2csc(CC(C)(C)N)n2)C1. The maximum Gasteiger partial charge on any atom is 0.0946 e. The molecule has 1 fully saturated rings. The van der Waals surface area contributed by atoms with Crippen LogP contribution in [0, 0.1) is 0 Å². The van der Waals surface area contributed by atoms with Crippen LogP contribution in [0.4, 0.5) is 0 Å². The van der Waals surface area contributed by atoms with Gasteiger partial charge in [-0.25, -0.2) is 4.98 Å². The first-order valence-electron chi connectivity index (χ1n) is 5.86. The van der Waals surface area contributed by atoms with Crippen molar-refractivity contribution in [3.63, 3.8) is 0 Å². The minimum atomic E-state index is -0.151. The van der Waals surface area contributed by atoms with Gasteiger partial charge in [-0.2, -0.15) is 0 Å². The molecule has 1 atom stereocenters. The summed E-state index contributed by atoms with van der Waals surface area (Å²) >= 11 is 1.75. The number of aromatic nitrogens is 1. The molecule has 2 heterocycles. The van der Waals surface area contributed by atoms with Gasteiger partial charge in [0.1, 0.15) is 0 Å². The molecular weight excluding hydrogens is 218 g/mol. The lowest BCUT2D eigenvalue weighted by Crippen LogP contribution is -2.34. The first-order valence-corrected chi connectivity index (χ1v) is 6.74. The van der Waals surface area contributed by atoms with E-state index in [-0.39, 0.29) is 5.54 Å². The fourth-order valence-electron chi connectivity index (χ4n) is 2.16. The van der Waals surface area contributed by atoms with E-state index < -0.39 is 0 Å². The van der Waals surface area contributed by atoms with Crippen LogP contribution in [0.15, 0.2) is 5.38 Å². The Labute approximate surface area is 102 Å². The molecule has 16 heavy (non-hydrogen) atoms. The normalized spacial score (nSPS) is 22.9. The Morgan fingerprint density at radius 2 is 2.38 bits per heavy atom. The number of nitrogens with two attached hydrogens (primary N) is 1. The lowest BCUT2D eigenvalue weighted by atomic mass is 10.0. The molecule has 1 aromatic heterocycles. The number of nitrogens with zero attached hydrogens (tertiary/aromatic N) is 2.